The molecule has 2 nitrogen and oxygen atoms in total. The molecule has 0 radical (unpaired) electrons. The lowest BCUT2D eigenvalue weighted by Gasteiger charge is -2.34. The molecule has 12 rings (SSSR count). The zero-order chi connectivity index (χ0) is 40.3. The van der Waals surface area contributed by atoms with Crippen LogP contribution in [0.2, 0.25) is 0 Å². The second-order valence-electron chi connectivity index (χ2n) is 16.4. The molecular weight excluding hydrogens is 737 g/mol. The third-order valence-electron chi connectivity index (χ3n) is 13.1. The van der Waals surface area contributed by atoms with Crippen molar-refractivity contribution in [2.24, 2.45) is 0 Å². The zero-order valence-corrected chi connectivity index (χ0v) is 33.7. The SMILES string of the molecule is C1=Cc2cc(N(c3ccccc3)c3ccc(-c4ccc5c(c4)c4cc(C6(c7ccccc7)c7ccccc7-c7ccccc76)ccc4n5-c4ccccc4)cc3)ccc2CC1. The minimum Gasteiger partial charge on any atom is -0.310 e. The van der Waals surface area contributed by atoms with Gasteiger partial charge in [0.1, 0.15) is 0 Å². The molecule has 0 fully saturated rings. The van der Waals surface area contributed by atoms with Crippen LogP contribution in [-0.2, 0) is 11.8 Å². The Morgan fingerprint density at radius 3 is 1.72 bits per heavy atom. The van der Waals surface area contributed by atoms with Crippen molar-refractivity contribution in [1.82, 2.24) is 4.57 Å². The number of aromatic nitrogens is 1. The van der Waals surface area contributed by atoms with Gasteiger partial charge in [-0.1, -0.05) is 158 Å². The first-order valence-electron chi connectivity index (χ1n) is 21.4. The first kappa shape index (κ1) is 35.3. The van der Waals surface area contributed by atoms with E-state index in [9.17, 15) is 0 Å². The van der Waals surface area contributed by atoms with E-state index in [0.29, 0.717) is 0 Å². The van der Waals surface area contributed by atoms with Crippen molar-refractivity contribution in [1.29, 1.82) is 0 Å². The summed E-state index contributed by atoms with van der Waals surface area (Å²) in [5, 5.41) is 2.47. The Labute approximate surface area is 356 Å². The number of fused-ring (bicyclic) bond motifs is 7. The maximum absolute atomic E-state index is 2.49. The molecule has 1 aromatic heterocycles. The summed E-state index contributed by atoms with van der Waals surface area (Å²) in [5.41, 5.74) is 19.4. The van der Waals surface area contributed by atoms with Gasteiger partial charge in [-0.05, 0) is 141 Å². The van der Waals surface area contributed by atoms with E-state index in [0.717, 1.165) is 35.6 Å². The Bertz CT molecular complexity index is 3240. The van der Waals surface area contributed by atoms with E-state index in [1.165, 1.54) is 77.4 Å². The van der Waals surface area contributed by atoms with Crippen LogP contribution in [0.3, 0.4) is 0 Å². The van der Waals surface area contributed by atoms with Crippen LogP contribution in [-0.4, -0.2) is 4.57 Å². The van der Waals surface area contributed by atoms with Gasteiger partial charge in [0, 0.05) is 33.5 Å². The van der Waals surface area contributed by atoms with Gasteiger partial charge in [0.15, 0.2) is 0 Å². The summed E-state index contributed by atoms with van der Waals surface area (Å²) in [6.45, 7) is 0. The molecule has 0 saturated carbocycles. The normalized spacial score (nSPS) is 13.5. The highest BCUT2D eigenvalue weighted by atomic mass is 15.1. The highest BCUT2D eigenvalue weighted by molar-refractivity contribution is 6.11. The number of hydrogen-bond acceptors (Lipinski definition) is 1. The van der Waals surface area contributed by atoms with Crippen LogP contribution in [0.15, 0.2) is 224 Å². The van der Waals surface area contributed by atoms with Crippen molar-refractivity contribution in [3.05, 3.63) is 258 Å². The summed E-state index contributed by atoms with van der Waals surface area (Å²) in [4.78, 5) is 2.37. The van der Waals surface area contributed by atoms with Crippen molar-refractivity contribution in [3.8, 4) is 27.9 Å². The molecule has 2 aliphatic rings. The zero-order valence-electron chi connectivity index (χ0n) is 33.7. The third kappa shape index (κ3) is 5.56. The van der Waals surface area contributed by atoms with Gasteiger partial charge in [-0.15, -0.1) is 0 Å². The van der Waals surface area contributed by atoms with E-state index < -0.39 is 5.41 Å². The number of benzene rings is 9. The van der Waals surface area contributed by atoms with Crippen LogP contribution < -0.4 is 4.90 Å². The van der Waals surface area contributed by atoms with E-state index in [1.54, 1.807) is 0 Å². The molecule has 0 unspecified atom stereocenters. The van der Waals surface area contributed by atoms with Crippen LogP contribution in [0.1, 0.15) is 39.8 Å². The molecule has 0 aliphatic heterocycles. The lowest BCUT2D eigenvalue weighted by atomic mass is 9.67. The molecule has 2 aliphatic carbocycles. The minimum atomic E-state index is -0.476. The lowest BCUT2D eigenvalue weighted by Crippen LogP contribution is -2.28. The Balaban J connectivity index is 1.03. The van der Waals surface area contributed by atoms with Crippen molar-refractivity contribution < 1.29 is 0 Å². The maximum atomic E-state index is 2.49. The number of nitrogens with zero attached hydrogens (tertiary/aromatic N) is 2. The lowest BCUT2D eigenvalue weighted by molar-refractivity contribution is 0.770. The molecule has 2 heteroatoms. The Morgan fingerprint density at radius 2 is 1.00 bits per heavy atom. The van der Waals surface area contributed by atoms with Crippen molar-refractivity contribution in [2.75, 3.05) is 4.90 Å². The number of anilines is 3. The molecule has 0 bridgehead atoms. The van der Waals surface area contributed by atoms with Crippen molar-refractivity contribution >= 4 is 44.9 Å². The maximum Gasteiger partial charge on any atom is 0.0713 e. The highest BCUT2D eigenvalue weighted by Crippen LogP contribution is 2.56. The molecule has 61 heavy (non-hydrogen) atoms. The van der Waals surface area contributed by atoms with Crippen molar-refractivity contribution in [2.45, 2.75) is 18.3 Å². The van der Waals surface area contributed by atoms with E-state index in [1.807, 2.05) is 0 Å². The van der Waals surface area contributed by atoms with E-state index >= 15 is 0 Å². The average molecular weight is 779 g/mol. The molecule has 9 aromatic carbocycles. The molecule has 0 atom stereocenters. The van der Waals surface area contributed by atoms with Crippen LogP contribution in [0.5, 0.6) is 0 Å². The molecule has 0 spiro atoms. The Kier molecular flexibility index (Phi) is 8.24. The third-order valence-corrected chi connectivity index (χ3v) is 13.1. The topological polar surface area (TPSA) is 8.17 Å². The van der Waals surface area contributed by atoms with Crippen molar-refractivity contribution in [3.63, 3.8) is 0 Å². The van der Waals surface area contributed by atoms with E-state index in [-0.39, 0.29) is 0 Å². The van der Waals surface area contributed by atoms with E-state index in [4.69, 9.17) is 0 Å². The van der Waals surface area contributed by atoms with E-state index in [2.05, 4.69) is 240 Å². The largest absolute Gasteiger partial charge is 0.310 e. The molecule has 0 amide bonds. The van der Waals surface area contributed by atoms with Gasteiger partial charge in [-0.25, -0.2) is 0 Å². The summed E-state index contributed by atoms with van der Waals surface area (Å²) in [6, 6.07) is 80.8. The van der Waals surface area contributed by atoms with Crippen LogP contribution in [0.25, 0.3) is 55.8 Å². The number of allylic oxidation sites excluding steroid dienone is 1. The van der Waals surface area contributed by atoms with Gasteiger partial charge in [0.2, 0.25) is 0 Å². The van der Waals surface area contributed by atoms with Crippen LogP contribution in [0.4, 0.5) is 17.1 Å². The number of rotatable bonds is 7. The fourth-order valence-corrected chi connectivity index (χ4v) is 10.4. The summed E-state index contributed by atoms with van der Waals surface area (Å²) in [5.74, 6) is 0. The van der Waals surface area contributed by atoms with Gasteiger partial charge >= 0.3 is 0 Å². The second-order valence-corrected chi connectivity index (χ2v) is 16.4. The first-order chi connectivity index (χ1) is 30.3. The molecule has 0 saturated heterocycles. The number of aryl methyl sites for hydroxylation is 1. The first-order valence-corrected chi connectivity index (χ1v) is 21.4. The van der Waals surface area contributed by atoms with Crippen LogP contribution >= 0.6 is 0 Å². The second kappa shape index (κ2) is 14.3. The molecule has 1 heterocycles. The van der Waals surface area contributed by atoms with Gasteiger partial charge in [-0.2, -0.15) is 0 Å². The quantitative estimate of drug-likeness (QED) is 0.156. The fourth-order valence-electron chi connectivity index (χ4n) is 10.4. The smallest absolute Gasteiger partial charge is 0.0713 e. The number of hydrogen-bond donors (Lipinski definition) is 0. The summed E-state index contributed by atoms with van der Waals surface area (Å²) in [7, 11) is 0. The average Bonchev–Trinajstić information content (AvgIpc) is 3.83. The van der Waals surface area contributed by atoms with Gasteiger partial charge < -0.3 is 9.47 Å². The van der Waals surface area contributed by atoms with Gasteiger partial charge in [0.25, 0.3) is 0 Å². The number of para-hydroxylation sites is 2. The summed E-state index contributed by atoms with van der Waals surface area (Å²) in [6.07, 6.45) is 6.76. The minimum absolute atomic E-state index is 0.476. The molecule has 288 valence electrons. The molecule has 0 N–H and O–H groups in total. The molecule has 10 aromatic rings. The van der Waals surface area contributed by atoms with Gasteiger partial charge in [-0.3, -0.25) is 0 Å². The monoisotopic (exact) mass is 778 g/mol. The Hall–Kier alpha value is -7.68. The van der Waals surface area contributed by atoms with Gasteiger partial charge in [0.05, 0.1) is 16.4 Å². The standard InChI is InChI=1S/C59H42N2/c1-4-18-45(19-5-1)59(55-26-14-12-24-51(55)52-25-13-15-27-56(52)59)46-32-37-58-54(40-46)53-39-44(31-36-57(53)61(58)48-22-8-3-9-23-48)42-28-33-49(34-29-42)60(47-20-6-2-7-21-47)50-35-30-41-16-10-11-17-43(41)38-50/h1-9,11-15,17-40H,10,16H2. The molecular formula is C59H42N2. The fraction of sp³-hybridized carbons (Fsp3) is 0.0508. The summed E-state index contributed by atoms with van der Waals surface area (Å²) < 4.78 is 2.43. The highest BCUT2D eigenvalue weighted by Gasteiger charge is 2.46. The van der Waals surface area contributed by atoms with Crippen LogP contribution in [0, 0.1) is 0 Å². The summed E-state index contributed by atoms with van der Waals surface area (Å²) >= 11 is 0. The predicted octanol–water partition coefficient (Wildman–Crippen LogP) is 15.2. The predicted molar refractivity (Wildman–Crippen MR) is 256 cm³/mol. The Morgan fingerprint density at radius 1 is 0.426 bits per heavy atom.